The number of primary amides is 1. The maximum Gasteiger partial charge on any atom is 0.271 e. The van der Waals surface area contributed by atoms with Gasteiger partial charge in [-0.2, -0.15) is 0 Å². The molecule has 0 aromatic heterocycles. The molecule has 108 valence electrons. The monoisotopic (exact) mass is 633 g/mol. The van der Waals surface area contributed by atoms with E-state index in [9.17, 15) is 14.4 Å². The molecular formula is C10H7ClI3N3O3. The third kappa shape index (κ3) is 4.30. The van der Waals surface area contributed by atoms with Crippen molar-refractivity contribution in [2.45, 2.75) is 0 Å². The maximum atomic E-state index is 12.1. The molecule has 4 N–H and O–H groups in total. The number of halogens is 4. The lowest BCUT2D eigenvalue weighted by Crippen LogP contribution is -2.43. The number of hydrogen-bond acceptors (Lipinski definition) is 3. The van der Waals surface area contributed by atoms with Crippen molar-refractivity contribution in [1.29, 1.82) is 0 Å². The Labute approximate surface area is 160 Å². The van der Waals surface area contributed by atoms with Crippen molar-refractivity contribution in [1.82, 2.24) is 10.9 Å². The highest BCUT2D eigenvalue weighted by molar-refractivity contribution is 14.1. The van der Waals surface area contributed by atoms with Gasteiger partial charge in [-0.05, 0) is 73.8 Å². The average Bonchev–Trinajstić information content (AvgIpc) is 2.34. The number of benzene rings is 1. The van der Waals surface area contributed by atoms with E-state index < -0.39 is 17.7 Å². The van der Waals surface area contributed by atoms with E-state index in [0.717, 1.165) is 0 Å². The third-order valence-electron chi connectivity index (χ3n) is 2.08. The molecule has 0 unspecified atom stereocenters. The van der Waals surface area contributed by atoms with Crippen molar-refractivity contribution in [3.8, 4) is 0 Å². The van der Waals surface area contributed by atoms with E-state index in [1.54, 1.807) is 6.07 Å². The molecule has 0 saturated heterocycles. The minimum atomic E-state index is -0.617. The number of nitrogens with two attached hydrogens (primary N) is 1. The molecule has 0 spiro atoms. The lowest BCUT2D eigenvalue weighted by atomic mass is 10.1. The number of nitrogens with one attached hydrogen (secondary N) is 2. The van der Waals surface area contributed by atoms with Gasteiger partial charge in [0.05, 0.1) is 11.1 Å². The molecule has 20 heavy (non-hydrogen) atoms. The number of rotatable bonds is 3. The van der Waals surface area contributed by atoms with Crippen LogP contribution in [0, 0.1) is 10.7 Å². The van der Waals surface area contributed by atoms with Crippen LogP contribution < -0.4 is 16.6 Å². The van der Waals surface area contributed by atoms with Gasteiger partial charge in [0.2, 0.25) is 0 Å². The normalized spacial score (nSPS) is 10.0. The van der Waals surface area contributed by atoms with Crippen LogP contribution in [0.3, 0.4) is 0 Å². The molecule has 0 atom stereocenters. The molecule has 0 radical (unpaired) electrons. The number of hydrogen-bond donors (Lipinski definition) is 3. The molecule has 1 aromatic carbocycles. The molecule has 0 saturated carbocycles. The van der Waals surface area contributed by atoms with Crippen LogP contribution in [0.5, 0.6) is 0 Å². The minimum Gasteiger partial charge on any atom is -0.366 e. The first-order chi connectivity index (χ1) is 9.29. The fraction of sp³-hybridized carbons (Fsp3) is 0.100. The zero-order chi connectivity index (χ0) is 15.4. The summed E-state index contributed by atoms with van der Waals surface area (Å²) < 4.78 is 1.73. The lowest BCUT2D eigenvalue weighted by molar-refractivity contribution is -0.119. The van der Waals surface area contributed by atoms with Crippen molar-refractivity contribution < 1.29 is 14.4 Å². The third-order valence-corrected chi connectivity index (χ3v) is 5.10. The molecule has 0 aliphatic rings. The highest BCUT2D eigenvalue weighted by Gasteiger charge is 2.22. The summed E-state index contributed by atoms with van der Waals surface area (Å²) in [5.41, 5.74) is 10.2. The summed E-state index contributed by atoms with van der Waals surface area (Å²) in [6.07, 6.45) is 0. The predicted molar refractivity (Wildman–Crippen MR) is 99.4 cm³/mol. The zero-order valence-electron chi connectivity index (χ0n) is 9.60. The molecule has 0 aliphatic carbocycles. The van der Waals surface area contributed by atoms with E-state index in [2.05, 4.69) is 10.9 Å². The van der Waals surface area contributed by atoms with Crippen LogP contribution in [0.4, 0.5) is 0 Å². The van der Waals surface area contributed by atoms with Gasteiger partial charge in [0.1, 0.15) is 5.88 Å². The van der Waals surface area contributed by atoms with Crippen LogP contribution in [-0.2, 0) is 4.79 Å². The van der Waals surface area contributed by atoms with Crippen LogP contribution in [0.2, 0.25) is 0 Å². The Balaban J connectivity index is 3.18. The Morgan fingerprint density at radius 1 is 1.10 bits per heavy atom. The van der Waals surface area contributed by atoms with E-state index in [0.29, 0.717) is 10.7 Å². The van der Waals surface area contributed by atoms with Crippen LogP contribution in [0.25, 0.3) is 0 Å². The summed E-state index contributed by atoms with van der Waals surface area (Å²) in [6.45, 7) is 0. The summed E-state index contributed by atoms with van der Waals surface area (Å²) >= 11 is 11.1. The fourth-order valence-corrected chi connectivity index (χ4v) is 5.71. The summed E-state index contributed by atoms with van der Waals surface area (Å²) in [7, 11) is 0. The van der Waals surface area contributed by atoms with Gasteiger partial charge in [0.25, 0.3) is 17.7 Å². The average molecular weight is 633 g/mol. The largest absolute Gasteiger partial charge is 0.366 e. The molecule has 3 amide bonds. The number of amides is 3. The molecular weight excluding hydrogens is 626 g/mol. The first-order valence-electron chi connectivity index (χ1n) is 4.92. The standard InChI is InChI=1S/C10H7ClI3N3O3/c11-2-5(18)16-17-10(20)7-4(13)1-3(12)6(8(7)14)9(15)19/h1H,2H2,(H2,15,19)(H,16,18)(H,17,20). The lowest BCUT2D eigenvalue weighted by Gasteiger charge is -2.13. The van der Waals surface area contributed by atoms with E-state index in [1.165, 1.54) is 0 Å². The van der Waals surface area contributed by atoms with Gasteiger partial charge in [-0.25, -0.2) is 0 Å². The SMILES string of the molecule is NC(=O)c1c(I)cc(I)c(C(=O)NNC(=O)CCl)c1I. The minimum absolute atomic E-state index is 0.270. The molecule has 0 aliphatic heterocycles. The van der Waals surface area contributed by atoms with E-state index in [-0.39, 0.29) is 17.0 Å². The smallest absolute Gasteiger partial charge is 0.271 e. The topological polar surface area (TPSA) is 101 Å². The molecule has 1 rings (SSSR count). The van der Waals surface area contributed by atoms with Gasteiger partial charge in [0, 0.05) is 10.7 Å². The van der Waals surface area contributed by atoms with Gasteiger partial charge in [-0.1, -0.05) is 0 Å². The van der Waals surface area contributed by atoms with Crippen LogP contribution in [-0.4, -0.2) is 23.6 Å². The van der Waals surface area contributed by atoms with Gasteiger partial charge in [-0.15, -0.1) is 11.6 Å². The summed E-state index contributed by atoms with van der Waals surface area (Å²) in [5.74, 6) is -1.97. The Morgan fingerprint density at radius 2 is 1.65 bits per heavy atom. The molecule has 1 aromatic rings. The number of carbonyl (C=O) groups is 3. The Morgan fingerprint density at radius 3 is 2.15 bits per heavy atom. The Kier molecular flexibility index (Phi) is 7.20. The Bertz CT molecular complexity index is 595. The quantitative estimate of drug-likeness (QED) is 0.268. The van der Waals surface area contributed by atoms with Crippen LogP contribution >= 0.6 is 79.4 Å². The second-order valence-corrected chi connectivity index (χ2v) is 7.07. The van der Waals surface area contributed by atoms with Crippen molar-refractivity contribution in [3.63, 3.8) is 0 Å². The predicted octanol–water partition coefficient (Wildman–Crippen LogP) is 1.60. The highest BCUT2D eigenvalue weighted by Crippen LogP contribution is 2.27. The first-order valence-corrected chi connectivity index (χ1v) is 8.69. The van der Waals surface area contributed by atoms with E-state index in [4.69, 9.17) is 17.3 Å². The second-order valence-electron chi connectivity index (χ2n) is 3.40. The molecule has 10 heteroatoms. The second kappa shape index (κ2) is 7.93. The van der Waals surface area contributed by atoms with Gasteiger partial charge >= 0.3 is 0 Å². The van der Waals surface area contributed by atoms with Gasteiger partial charge in [0.15, 0.2) is 0 Å². The van der Waals surface area contributed by atoms with Crippen molar-refractivity contribution in [3.05, 3.63) is 27.9 Å². The van der Waals surface area contributed by atoms with Crippen molar-refractivity contribution >= 4 is 97.1 Å². The fourth-order valence-electron chi connectivity index (χ4n) is 1.25. The summed E-state index contributed by atoms with van der Waals surface area (Å²) in [6, 6.07) is 1.67. The molecule has 0 fully saturated rings. The van der Waals surface area contributed by atoms with Crippen LogP contribution in [0.15, 0.2) is 6.07 Å². The zero-order valence-corrected chi connectivity index (χ0v) is 16.8. The van der Waals surface area contributed by atoms with Gasteiger partial charge < -0.3 is 5.73 Å². The Hall–Kier alpha value is 0.110. The number of alkyl halides is 1. The van der Waals surface area contributed by atoms with E-state index >= 15 is 0 Å². The summed E-state index contributed by atoms with van der Waals surface area (Å²) in [4.78, 5) is 34.5. The van der Waals surface area contributed by atoms with Crippen molar-refractivity contribution in [2.75, 3.05) is 5.88 Å². The highest BCUT2D eigenvalue weighted by atomic mass is 127. The van der Waals surface area contributed by atoms with Crippen molar-refractivity contribution in [2.24, 2.45) is 5.73 Å². The number of hydrazine groups is 1. The first kappa shape index (κ1) is 18.2. The van der Waals surface area contributed by atoms with Gasteiger partial charge in [-0.3, -0.25) is 25.2 Å². The molecule has 0 heterocycles. The molecule has 6 nitrogen and oxygen atoms in total. The van der Waals surface area contributed by atoms with E-state index in [1.807, 2.05) is 67.8 Å². The summed E-state index contributed by atoms with van der Waals surface area (Å²) in [5, 5.41) is 0. The van der Waals surface area contributed by atoms with Crippen LogP contribution in [0.1, 0.15) is 20.7 Å². The molecule has 0 bridgehead atoms. The number of carbonyl (C=O) groups excluding carboxylic acids is 3. The maximum absolute atomic E-state index is 12.1.